The molecule has 1 aliphatic rings. The number of carbonyl (C=O) groups is 2. The van der Waals surface area contributed by atoms with Gasteiger partial charge in [0.25, 0.3) is 0 Å². The van der Waals surface area contributed by atoms with Crippen LogP contribution in [0.1, 0.15) is 35.2 Å². The molecule has 1 aliphatic carbocycles. The topological polar surface area (TPSA) is 71.1 Å². The van der Waals surface area contributed by atoms with Crippen molar-refractivity contribution in [3.05, 3.63) is 23.3 Å². The molecule has 6 nitrogen and oxygen atoms in total. The predicted octanol–water partition coefficient (Wildman–Crippen LogP) is 3.53. The third-order valence-electron chi connectivity index (χ3n) is 4.15. The first kappa shape index (κ1) is 18.6. The van der Waals surface area contributed by atoms with E-state index in [1.807, 2.05) is 0 Å². The Balaban J connectivity index is 2.39. The van der Waals surface area contributed by atoms with Gasteiger partial charge in [0, 0.05) is 17.3 Å². The number of hydrogen-bond acceptors (Lipinski definition) is 6. The Labute approximate surface area is 149 Å². The van der Waals surface area contributed by atoms with Crippen molar-refractivity contribution in [2.24, 2.45) is 0 Å². The van der Waals surface area contributed by atoms with E-state index < -0.39 is 11.8 Å². The molecule has 132 valence electrons. The van der Waals surface area contributed by atoms with Gasteiger partial charge in [-0.25, -0.2) is 4.79 Å². The largest absolute Gasteiger partial charge is 0.509 e. The Morgan fingerprint density at radius 1 is 1.17 bits per heavy atom. The molecule has 0 spiro atoms. The average Bonchev–Trinajstić information content (AvgIpc) is 2.85. The van der Waals surface area contributed by atoms with E-state index in [-0.39, 0.29) is 5.78 Å². The van der Waals surface area contributed by atoms with Crippen LogP contribution in [-0.4, -0.2) is 44.2 Å². The summed E-state index contributed by atoms with van der Waals surface area (Å²) < 4.78 is 20.6. The molecule has 0 N–H and O–H groups in total. The van der Waals surface area contributed by atoms with Gasteiger partial charge in [0.2, 0.25) is 5.78 Å². The highest BCUT2D eigenvalue weighted by Gasteiger charge is 2.49. The maximum absolute atomic E-state index is 13.0. The van der Waals surface area contributed by atoms with Crippen molar-refractivity contribution in [2.45, 2.75) is 31.3 Å². The summed E-state index contributed by atoms with van der Waals surface area (Å²) in [4.78, 5) is 24.7. The second-order valence-electron chi connectivity index (χ2n) is 5.57. The Morgan fingerprint density at radius 3 is 2.42 bits per heavy atom. The highest BCUT2D eigenvalue weighted by molar-refractivity contribution is 9.09. The third-order valence-corrected chi connectivity index (χ3v) is 4.71. The SMILES string of the molecule is COC(=O)OC1(CCCCBr)Cc2cc(OC)c(OC)cc2C1=O. The molecule has 0 saturated carbocycles. The molecule has 0 heterocycles. The van der Waals surface area contributed by atoms with Gasteiger partial charge in [0.1, 0.15) is 0 Å². The number of halogens is 1. The van der Waals surface area contributed by atoms with Gasteiger partial charge >= 0.3 is 6.16 Å². The summed E-state index contributed by atoms with van der Waals surface area (Å²) in [6.45, 7) is 0. The number of rotatable bonds is 7. The summed E-state index contributed by atoms with van der Waals surface area (Å²) >= 11 is 3.37. The number of hydrogen-bond donors (Lipinski definition) is 0. The average molecular weight is 401 g/mol. The molecule has 2 rings (SSSR count). The smallest absolute Gasteiger partial charge is 0.493 e. The minimum atomic E-state index is -1.23. The second-order valence-corrected chi connectivity index (χ2v) is 6.36. The van der Waals surface area contributed by atoms with Crippen LogP contribution >= 0.6 is 15.9 Å². The maximum Gasteiger partial charge on any atom is 0.509 e. The predicted molar refractivity (Wildman–Crippen MR) is 91.4 cm³/mol. The fourth-order valence-electron chi connectivity index (χ4n) is 2.95. The Kier molecular flexibility index (Phi) is 6.10. The molecule has 0 radical (unpaired) electrons. The Bertz CT molecular complexity index is 630. The highest BCUT2D eigenvalue weighted by atomic mass is 79.9. The van der Waals surface area contributed by atoms with Gasteiger partial charge in [-0.3, -0.25) is 4.79 Å². The quantitative estimate of drug-likeness (QED) is 0.396. The van der Waals surface area contributed by atoms with E-state index in [0.29, 0.717) is 29.9 Å². The molecular formula is C17H21BrO6. The van der Waals surface area contributed by atoms with E-state index >= 15 is 0 Å². The van der Waals surface area contributed by atoms with Crippen LogP contribution in [0.15, 0.2) is 12.1 Å². The molecule has 1 unspecified atom stereocenters. The van der Waals surface area contributed by atoms with E-state index in [2.05, 4.69) is 20.7 Å². The van der Waals surface area contributed by atoms with Crippen LogP contribution in [0.2, 0.25) is 0 Å². The lowest BCUT2D eigenvalue weighted by molar-refractivity contribution is -0.0165. The van der Waals surface area contributed by atoms with Gasteiger partial charge in [-0.05, 0) is 37.0 Å². The number of unbranched alkanes of at least 4 members (excludes halogenated alkanes) is 1. The molecule has 0 saturated heterocycles. The lowest BCUT2D eigenvalue weighted by atomic mass is 9.92. The maximum atomic E-state index is 13.0. The molecule has 0 fully saturated rings. The number of ether oxygens (including phenoxy) is 4. The van der Waals surface area contributed by atoms with Gasteiger partial charge < -0.3 is 18.9 Å². The fraction of sp³-hybridized carbons (Fsp3) is 0.529. The highest BCUT2D eigenvalue weighted by Crippen LogP contribution is 2.42. The van der Waals surface area contributed by atoms with Crippen LogP contribution in [0, 0.1) is 0 Å². The van der Waals surface area contributed by atoms with E-state index in [1.165, 1.54) is 21.3 Å². The van der Waals surface area contributed by atoms with Crippen LogP contribution in [0.25, 0.3) is 0 Å². The van der Waals surface area contributed by atoms with Crippen LogP contribution in [-0.2, 0) is 15.9 Å². The lowest BCUT2D eigenvalue weighted by Crippen LogP contribution is -2.41. The van der Waals surface area contributed by atoms with Crippen molar-refractivity contribution < 1.29 is 28.5 Å². The normalized spacial score (nSPS) is 18.9. The van der Waals surface area contributed by atoms with E-state index in [0.717, 1.165) is 23.7 Å². The summed E-state index contributed by atoms with van der Waals surface area (Å²) in [5.74, 6) is 0.788. The van der Waals surface area contributed by atoms with E-state index in [4.69, 9.17) is 14.2 Å². The van der Waals surface area contributed by atoms with Gasteiger partial charge in [0.15, 0.2) is 17.1 Å². The first-order valence-corrected chi connectivity index (χ1v) is 8.76. The number of Topliss-reactive ketones (excluding diaryl/α,β-unsaturated/α-hetero) is 1. The number of ketones is 1. The molecule has 7 heteroatoms. The molecule has 1 atom stereocenters. The Morgan fingerprint density at radius 2 is 1.83 bits per heavy atom. The van der Waals surface area contributed by atoms with Gasteiger partial charge in [0.05, 0.1) is 21.3 Å². The molecular weight excluding hydrogens is 380 g/mol. The summed E-state index contributed by atoms with van der Waals surface area (Å²) in [5.41, 5.74) is 0.0467. The zero-order valence-electron chi connectivity index (χ0n) is 14.0. The van der Waals surface area contributed by atoms with Crippen LogP contribution in [0.3, 0.4) is 0 Å². The summed E-state index contributed by atoms with van der Waals surface area (Å²) in [5, 5.41) is 0.824. The van der Waals surface area contributed by atoms with Crippen molar-refractivity contribution in [1.82, 2.24) is 0 Å². The molecule has 0 bridgehead atoms. The van der Waals surface area contributed by atoms with Gasteiger partial charge in [-0.1, -0.05) is 15.9 Å². The minimum Gasteiger partial charge on any atom is -0.493 e. The number of benzene rings is 1. The molecule has 1 aromatic rings. The number of methoxy groups -OCH3 is 3. The van der Waals surface area contributed by atoms with E-state index in [9.17, 15) is 9.59 Å². The third kappa shape index (κ3) is 3.50. The van der Waals surface area contributed by atoms with Crippen molar-refractivity contribution in [3.63, 3.8) is 0 Å². The van der Waals surface area contributed by atoms with Crippen molar-refractivity contribution in [3.8, 4) is 11.5 Å². The Hall–Kier alpha value is -1.76. The fourth-order valence-corrected chi connectivity index (χ4v) is 3.35. The summed E-state index contributed by atoms with van der Waals surface area (Å²) in [7, 11) is 4.28. The van der Waals surface area contributed by atoms with Gasteiger partial charge in [-0.2, -0.15) is 0 Å². The number of carbonyl (C=O) groups excluding carboxylic acids is 2. The first-order valence-electron chi connectivity index (χ1n) is 7.64. The first-order chi connectivity index (χ1) is 11.5. The minimum absolute atomic E-state index is 0.224. The number of alkyl halides is 1. The molecule has 1 aromatic carbocycles. The van der Waals surface area contributed by atoms with Crippen LogP contribution in [0.4, 0.5) is 4.79 Å². The van der Waals surface area contributed by atoms with Gasteiger partial charge in [-0.15, -0.1) is 0 Å². The van der Waals surface area contributed by atoms with Crippen molar-refractivity contribution >= 4 is 27.9 Å². The number of fused-ring (bicyclic) bond motifs is 1. The molecule has 0 aromatic heterocycles. The van der Waals surface area contributed by atoms with Crippen LogP contribution in [0.5, 0.6) is 11.5 Å². The van der Waals surface area contributed by atoms with Crippen molar-refractivity contribution in [2.75, 3.05) is 26.7 Å². The van der Waals surface area contributed by atoms with Crippen LogP contribution < -0.4 is 9.47 Å². The molecule has 0 amide bonds. The van der Waals surface area contributed by atoms with Crippen molar-refractivity contribution in [1.29, 1.82) is 0 Å². The summed E-state index contributed by atoms with van der Waals surface area (Å²) in [6, 6.07) is 3.41. The summed E-state index contributed by atoms with van der Waals surface area (Å²) in [6.07, 6.45) is 1.51. The zero-order valence-corrected chi connectivity index (χ0v) is 15.6. The molecule has 24 heavy (non-hydrogen) atoms. The second kappa shape index (κ2) is 7.88. The molecule has 0 aliphatic heterocycles. The lowest BCUT2D eigenvalue weighted by Gasteiger charge is -2.26. The van der Waals surface area contributed by atoms with E-state index in [1.54, 1.807) is 12.1 Å². The monoisotopic (exact) mass is 400 g/mol. The zero-order chi connectivity index (χ0) is 17.7. The standard InChI is InChI=1S/C17H21BrO6/c1-21-13-8-11-10-17(6-4-5-7-18,24-16(20)23-3)15(19)12(11)9-14(13)22-2/h8-9H,4-7,10H2,1-3H3.